The molecule has 1 atom stereocenters. The maximum Gasteiger partial charge on any atom is 0.0588 e. The average Bonchev–Trinajstić information content (AvgIpc) is 2.39. The highest BCUT2D eigenvalue weighted by Gasteiger charge is 2.12. The topological polar surface area (TPSA) is 29.3 Å². The standard InChI is InChI=1S/C17H28N2/c1-7-9-10-11-12-17(8-2)13-19(18)16(6)15(5)14(3)4/h8,10-12,15H,2-3,6-7,9,13,18H2,1,4-5H3/b11-10-,17-12+. The maximum atomic E-state index is 6.04. The Labute approximate surface area is 118 Å². The van der Waals surface area contributed by atoms with Crippen molar-refractivity contribution >= 4 is 0 Å². The SMILES string of the molecule is C=C/C(=C\C=C/CCC)CN(N)C(=C)C(C)C(=C)C. The summed E-state index contributed by atoms with van der Waals surface area (Å²) in [7, 11) is 0. The molecular weight excluding hydrogens is 232 g/mol. The summed E-state index contributed by atoms with van der Waals surface area (Å²) in [5, 5.41) is 1.67. The van der Waals surface area contributed by atoms with E-state index in [4.69, 9.17) is 5.84 Å². The first-order chi connectivity index (χ1) is 8.93. The summed E-state index contributed by atoms with van der Waals surface area (Å²) in [6, 6.07) is 0. The monoisotopic (exact) mass is 260 g/mol. The van der Waals surface area contributed by atoms with Gasteiger partial charge in [-0.15, -0.1) is 0 Å². The second-order valence-electron chi connectivity index (χ2n) is 4.85. The molecule has 106 valence electrons. The molecule has 0 aromatic rings. The fraction of sp³-hybridized carbons (Fsp3) is 0.412. The van der Waals surface area contributed by atoms with Crippen molar-refractivity contribution in [3.63, 3.8) is 0 Å². The van der Waals surface area contributed by atoms with E-state index in [0.29, 0.717) is 6.54 Å². The summed E-state index contributed by atoms with van der Waals surface area (Å²) in [5.74, 6) is 6.23. The summed E-state index contributed by atoms with van der Waals surface area (Å²) in [4.78, 5) is 0. The van der Waals surface area contributed by atoms with Gasteiger partial charge in [-0.1, -0.05) is 69.9 Å². The smallest absolute Gasteiger partial charge is 0.0588 e. The van der Waals surface area contributed by atoms with Gasteiger partial charge in [0.05, 0.1) is 6.54 Å². The van der Waals surface area contributed by atoms with Crippen molar-refractivity contribution in [3.8, 4) is 0 Å². The number of allylic oxidation sites excluding steroid dienone is 4. The van der Waals surface area contributed by atoms with Gasteiger partial charge < -0.3 is 5.01 Å². The molecule has 0 aliphatic heterocycles. The summed E-state index contributed by atoms with van der Waals surface area (Å²) < 4.78 is 0. The molecule has 1 unspecified atom stereocenters. The van der Waals surface area contributed by atoms with Crippen LogP contribution in [0.15, 0.2) is 60.9 Å². The van der Waals surface area contributed by atoms with Crippen LogP contribution in [0.25, 0.3) is 0 Å². The van der Waals surface area contributed by atoms with E-state index in [9.17, 15) is 0 Å². The number of hydrogen-bond acceptors (Lipinski definition) is 2. The molecule has 2 nitrogen and oxygen atoms in total. The Balaban J connectivity index is 4.58. The van der Waals surface area contributed by atoms with Gasteiger partial charge >= 0.3 is 0 Å². The van der Waals surface area contributed by atoms with Gasteiger partial charge in [-0.3, -0.25) is 0 Å². The van der Waals surface area contributed by atoms with Crippen LogP contribution in [0, 0.1) is 5.92 Å². The Kier molecular flexibility index (Phi) is 8.64. The molecule has 0 heterocycles. The van der Waals surface area contributed by atoms with E-state index < -0.39 is 0 Å². The molecule has 0 aromatic carbocycles. The molecular formula is C17H28N2. The fourth-order valence-corrected chi connectivity index (χ4v) is 1.47. The van der Waals surface area contributed by atoms with Crippen LogP contribution < -0.4 is 5.84 Å². The van der Waals surface area contributed by atoms with Crippen molar-refractivity contribution in [2.45, 2.75) is 33.6 Å². The van der Waals surface area contributed by atoms with E-state index in [1.54, 1.807) is 5.01 Å². The molecule has 19 heavy (non-hydrogen) atoms. The molecule has 0 saturated carbocycles. The van der Waals surface area contributed by atoms with Crippen LogP contribution >= 0.6 is 0 Å². The van der Waals surface area contributed by atoms with Gasteiger partial charge in [-0.05, 0) is 18.9 Å². The predicted octanol–water partition coefficient (Wildman–Crippen LogP) is 4.36. The number of nitrogens with zero attached hydrogens (tertiary/aromatic N) is 1. The molecule has 0 spiro atoms. The molecule has 0 aliphatic carbocycles. The number of unbranched alkanes of at least 4 members (excludes halogenated alkanes) is 1. The predicted molar refractivity (Wildman–Crippen MR) is 86.3 cm³/mol. The molecule has 0 rings (SSSR count). The minimum atomic E-state index is 0.187. The van der Waals surface area contributed by atoms with Gasteiger partial charge in [0.25, 0.3) is 0 Å². The van der Waals surface area contributed by atoms with E-state index >= 15 is 0 Å². The molecule has 0 amide bonds. The lowest BCUT2D eigenvalue weighted by Crippen LogP contribution is -2.34. The van der Waals surface area contributed by atoms with Crippen molar-refractivity contribution in [1.29, 1.82) is 0 Å². The maximum absolute atomic E-state index is 6.04. The Morgan fingerprint density at radius 3 is 2.47 bits per heavy atom. The van der Waals surface area contributed by atoms with Gasteiger partial charge in [0.2, 0.25) is 0 Å². The van der Waals surface area contributed by atoms with Gasteiger partial charge in [0.15, 0.2) is 0 Å². The van der Waals surface area contributed by atoms with E-state index in [1.165, 1.54) is 0 Å². The van der Waals surface area contributed by atoms with Crippen LogP contribution in [0.2, 0.25) is 0 Å². The number of hydrazine groups is 1. The summed E-state index contributed by atoms with van der Waals surface area (Å²) in [6.45, 7) is 18.6. The van der Waals surface area contributed by atoms with E-state index in [-0.39, 0.29) is 5.92 Å². The van der Waals surface area contributed by atoms with Crippen molar-refractivity contribution in [3.05, 3.63) is 60.9 Å². The second kappa shape index (κ2) is 9.40. The minimum Gasteiger partial charge on any atom is -0.311 e. The van der Waals surface area contributed by atoms with Gasteiger partial charge in [0, 0.05) is 11.6 Å². The third-order valence-electron chi connectivity index (χ3n) is 3.12. The first-order valence-corrected chi connectivity index (χ1v) is 6.78. The quantitative estimate of drug-likeness (QED) is 0.289. The van der Waals surface area contributed by atoms with E-state index in [1.807, 2.05) is 19.1 Å². The Morgan fingerprint density at radius 2 is 2.00 bits per heavy atom. The van der Waals surface area contributed by atoms with Crippen LogP contribution in [0.3, 0.4) is 0 Å². The Morgan fingerprint density at radius 1 is 1.37 bits per heavy atom. The van der Waals surface area contributed by atoms with Gasteiger partial charge in [-0.25, -0.2) is 5.84 Å². The summed E-state index contributed by atoms with van der Waals surface area (Å²) in [6.07, 6.45) is 10.3. The molecule has 0 radical (unpaired) electrons. The first kappa shape index (κ1) is 17.5. The third-order valence-corrected chi connectivity index (χ3v) is 3.12. The van der Waals surface area contributed by atoms with Gasteiger partial charge in [0.1, 0.15) is 0 Å². The first-order valence-electron chi connectivity index (χ1n) is 6.78. The number of nitrogens with two attached hydrogens (primary N) is 1. The van der Waals surface area contributed by atoms with Gasteiger partial charge in [-0.2, -0.15) is 0 Å². The number of rotatable bonds is 9. The molecule has 0 fully saturated rings. The largest absolute Gasteiger partial charge is 0.311 e. The second-order valence-corrected chi connectivity index (χ2v) is 4.85. The molecule has 0 bridgehead atoms. The van der Waals surface area contributed by atoms with Crippen LogP contribution in [-0.4, -0.2) is 11.6 Å². The van der Waals surface area contributed by atoms with Crippen LogP contribution in [0.5, 0.6) is 0 Å². The lowest BCUT2D eigenvalue weighted by molar-refractivity contribution is 0.359. The summed E-state index contributed by atoms with van der Waals surface area (Å²) in [5.41, 5.74) is 3.01. The average molecular weight is 260 g/mol. The fourth-order valence-electron chi connectivity index (χ4n) is 1.47. The normalized spacial score (nSPS) is 13.4. The zero-order chi connectivity index (χ0) is 14.8. The van der Waals surface area contributed by atoms with E-state index in [2.05, 4.69) is 45.7 Å². The van der Waals surface area contributed by atoms with E-state index in [0.717, 1.165) is 29.7 Å². The highest BCUT2D eigenvalue weighted by molar-refractivity contribution is 5.25. The highest BCUT2D eigenvalue weighted by Crippen LogP contribution is 2.18. The third kappa shape index (κ3) is 6.82. The zero-order valence-corrected chi connectivity index (χ0v) is 12.7. The van der Waals surface area contributed by atoms with Crippen molar-refractivity contribution in [1.82, 2.24) is 5.01 Å². The molecule has 2 heteroatoms. The Hall–Kier alpha value is -1.54. The van der Waals surface area contributed by atoms with Crippen molar-refractivity contribution < 1.29 is 0 Å². The highest BCUT2D eigenvalue weighted by atomic mass is 15.4. The number of hydrogen-bond donors (Lipinski definition) is 1. The lowest BCUT2D eigenvalue weighted by atomic mass is 10.0. The lowest BCUT2D eigenvalue weighted by Gasteiger charge is -2.26. The zero-order valence-electron chi connectivity index (χ0n) is 12.7. The van der Waals surface area contributed by atoms with Crippen molar-refractivity contribution in [2.75, 3.05) is 6.54 Å². The molecule has 0 saturated heterocycles. The van der Waals surface area contributed by atoms with Crippen molar-refractivity contribution in [2.24, 2.45) is 11.8 Å². The van der Waals surface area contributed by atoms with Crippen LogP contribution in [0.4, 0.5) is 0 Å². The summed E-state index contributed by atoms with van der Waals surface area (Å²) >= 11 is 0. The molecule has 2 N–H and O–H groups in total. The Bertz CT molecular complexity index is 375. The molecule has 0 aromatic heterocycles. The minimum absolute atomic E-state index is 0.187. The van der Waals surface area contributed by atoms with Crippen LogP contribution in [-0.2, 0) is 0 Å². The van der Waals surface area contributed by atoms with Crippen LogP contribution in [0.1, 0.15) is 33.6 Å². The molecule has 0 aliphatic rings.